The van der Waals surface area contributed by atoms with Gasteiger partial charge in [-0.15, -0.1) is 0 Å². The van der Waals surface area contributed by atoms with Crippen molar-refractivity contribution in [3.05, 3.63) is 69.8 Å². The summed E-state index contributed by atoms with van der Waals surface area (Å²) >= 11 is 0. The number of amides is 2. The SMILES string of the molecule is O=C(NCc1cnc2ccccc2c1)c1cn2c(c(O)c1=O)C(=O)N1CCOC1C2. The fourth-order valence-electron chi connectivity index (χ4n) is 3.88. The van der Waals surface area contributed by atoms with Crippen molar-refractivity contribution in [3.8, 4) is 5.75 Å². The highest BCUT2D eigenvalue weighted by Gasteiger charge is 2.39. The van der Waals surface area contributed by atoms with Gasteiger partial charge in [0, 0.05) is 30.9 Å². The van der Waals surface area contributed by atoms with Gasteiger partial charge in [-0.2, -0.15) is 0 Å². The van der Waals surface area contributed by atoms with Gasteiger partial charge < -0.3 is 24.6 Å². The van der Waals surface area contributed by atoms with Crippen LogP contribution in [0, 0.1) is 0 Å². The molecule has 152 valence electrons. The van der Waals surface area contributed by atoms with Crippen LogP contribution in [0.1, 0.15) is 26.4 Å². The third-order valence-electron chi connectivity index (χ3n) is 5.41. The first-order valence-corrected chi connectivity index (χ1v) is 9.54. The van der Waals surface area contributed by atoms with Crippen molar-refractivity contribution < 1.29 is 19.4 Å². The molecule has 9 heteroatoms. The quantitative estimate of drug-likeness (QED) is 0.667. The maximum atomic E-state index is 12.7. The van der Waals surface area contributed by atoms with Crippen LogP contribution in [0.15, 0.2) is 47.5 Å². The summed E-state index contributed by atoms with van der Waals surface area (Å²) in [6.45, 7) is 1.20. The second kappa shape index (κ2) is 6.96. The lowest BCUT2D eigenvalue weighted by molar-refractivity contribution is 0.00845. The third-order valence-corrected chi connectivity index (χ3v) is 5.41. The van der Waals surface area contributed by atoms with E-state index in [2.05, 4.69) is 10.3 Å². The number of nitrogens with one attached hydrogen (secondary N) is 1. The fraction of sp³-hybridized carbons (Fsp3) is 0.238. The molecular formula is C21H18N4O5. The lowest BCUT2D eigenvalue weighted by atomic mass is 10.1. The summed E-state index contributed by atoms with van der Waals surface area (Å²) < 4.78 is 6.93. The first-order valence-electron chi connectivity index (χ1n) is 9.54. The molecule has 3 aromatic rings. The highest BCUT2D eigenvalue weighted by Crippen LogP contribution is 2.26. The molecule has 1 unspecified atom stereocenters. The molecule has 1 saturated heterocycles. The molecule has 0 radical (unpaired) electrons. The van der Waals surface area contributed by atoms with Gasteiger partial charge in [0.25, 0.3) is 11.8 Å². The Hall–Kier alpha value is -3.72. The van der Waals surface area contributed by atoms with Gasteiger partial charge >= 0.3 is 0 Å². The maximum absolute atomic E-state index is 12.7. The average Bonchev–Trinajstić information content (AvgIpc) is 3.23. The number of fused-ring (bicyclic) bond motifs is 3. The number of hydrogen-bond donors (Lipinski definition) is 2. The third kappa shape index (κ3) is 2.91. The Labute approximate surface area is 170 Å². The number of aromatic hydroxyl groups is 1. The second-order valence-electron chi connectivity index (χ2n) is 7.26. The molecule has 5 rings (SSSR count). The summed E-state index contributed by atoms with van der Waals surface area (Å²) in [5.41, 5.74) is 0.399. The van der Waals surface area contributed by atoms with Crippen LogP contribution in [-0.2, 0) is 17.8 Å². The van der Waals surface area contributed by atoms with Gasteiger partial charge in [0.1, 0.15) is 5.56 Å². The Bertz CT molecular complexity index is 1250. The molecule has 0 saturated carbocycles. The number of carbonyl (C=O) groups excluding carboxylic acids is 2. The summed E-state index contributed by atoms with van der Waals surface area (Å²) in [6, 6.07) is 9.52. The molecule has 2 aromatic heterocycles. The highest BCUT2D eigenvalue weighted by atomic mass is 16.5. The molecule has 2 aliphatic heterocycles. The topological polar surface area (TPSA) is 114 Å². The first-order chi connectivity index (χ1) is 14.5. The molecule has 2 aliphatic rings. The Morgan fingerprint density at radius 3 is 3.00 bits per heavy atom. The van der Waals surface area contributed by atoms with Gasteiger partial charge in [-0.25, -0.2) is 0 Å². The predicted octanol–water partition coefficient (Wildman–Crippen LogP) is 0.844. The number of pyridine rings is 2. The number of ether oxygens (including phenoxy) is 1. The molecular weight excluding hydrogens is 388 g/mol. The van der Waals surface area contributed by atoms with Crippen molar-refractivity contribution >= 4 is 22.7 Å². The van der Waals surface area contributed by atoms with E-state index in [0.717, 1.165) is 16.5 Å². The van der Waals surface area contributed by atoms with Crippen LogP contribution in [0.2, 0.25) is 0 Å². The number of benzene rings is 1. The number of para-hydroxylation sites is 1. The summed E-state index contributed by atoms with van der Waals surface area (Å²) in [4.78, 5) is 43.6. The van der Waals surface area contributed by atoms with E-state index in [4.69, 9.17) is 4.74 Å². The minimum Gasteiger partial charge on any atom is -0.503 e. The van der Waals surface area contributed by atoms with E-state index >= 15 is 0 Å². The summed E-state index contributed by atoms with van der Waals surface area (Å²) in [5.74, 6) is -1.83. The van der Waals surface area contributed by atoms with Crippen molar-refractivity contribution in [1.82, 2.24) is 19.8 Å². The van der Waals surface area contributed by atoms with E-state index in [1.165, 1.54) is 15.7 Å². The van der Waals surface area contributed by atoms with Crippen LogP contribution < -0.4 is 10.7 Å². The molecule has 2 amide bonds. The Morgan fingerprint density at radius 2 is 2.13 bits per heavy atom. The first kappa shape index (κ1) is 18.3. The van der Waals surface area contributed by atoms with Gasteiger partial charge in [0.05, 0.1) is 18.7 Å². The van der Waals surface area contributed by atoms with Gasteiger partial charge in [0.15, 0.2) is 17.7 Å². The minimum absolute atomic E-state index is 0.114. The van der Waals surface area contributed by atoms with Crippen molar-refractivity contribution in [2.45, 2.75) is 19.3 Å². The molecule has 9 nitrogen and oxygen atoms in total. The van der Waals surface area contributed by atoms with Crippen LogP contribution in [0.3, 0.4) is 0 Å². The predicted molar refractivity (Wildman–Crippen MR) is 106 cm³/mol. The van der Waals surface area contributed by atoms with Gasteiger partial charge in [-0.05, 0) is 17.7 Å². The normalized spacial score (nSPS) is 17.7. The van der Waals surface area contributed by atoms with Crippen LogP contribution in [0.25, 0.3) is 10.9 Å². The van der Waals surface area contributed by atoms with E-state index in [1.54, 1.807) is 6.20 Å². The smallest absolute Gasteiger partial charge is 0.276 e. The number of carbonyl (C=O) groups is 2. The monoisotopic (exact) mass is 406 g/mol. The zero-order valence-corrected chi connectivity index (χ0v) is 15.9. The Kier molecular flexibility index (Phi) is 4.25. The molecule has 1 fully saturated rings. The molecule has 30 heavy (non-hydrogen) atoms. The Balaban J connectivity index is 1.41. The second-order valence-corrected chi connectivity index (χ2v) is 7.26. The zero-order chi connectivity index (χ0) is 20.8. The van der Waals surface area contributed by atoms with Crippen LogP contribution >= 0.6 is 0 Å². The highest BCUT2D eigenvalue weighted by molar-refractivity contribution is 5.99. The fourth-order valence-corrected chi connectivity index (χ4v) is 3.88. The van der Waals surface area contributed by atoms with Gasteiger partial charge in [0.2, 0.25) is 5.43 Å². The summed E-state index contributed by atoms with van der Waals surface area (Å²) in [5, 5.41) is 14.0. The van der Waals surface area contributed by atoms with E-state index in [0.29, 0.717) is 13.2 Å². The zero-order valence-electron chi connectivity index (χ0n) is 15.9. The Morgan fingerprint density at radius 1 is 1.30 bits per heavy atom. The minimum atomic E-state index is -0.873. The lowest BCUT2D eigenvalue weighted by Crippen LogP contribution is -2.46. The van der Waals surface area contributed by atoms with Crippen molar-refractivity contribution in [1.29, 1.82) is 0 Å². The average molecular weight is 406 g/mol. The largest absolute Gasteiger partial charge is 0.503 e. The lowest BCUT2D eigenvalue weighted by Gasteiger charge is -2.31. The number of rotatable bonds is 3. The summed E-state index contributed by atoms with van der Waals surface area (Å²) in [7, 11) is 0. The van der Waals surface area contributed by atoms with Crippen molar-refractivity contribution in [2.75, 3.05) is 13.2 Å². The standard InChI is InChI=1S/C21H18N4O5/c26-18-14(10-24-11-16-25(5-6-30-16)21(29)17(24)19(18)27)20(28)23-9-12-7-13-3-1-2-4-15(13)22-8-12/h1-4,7-8,10,16,27H,5-6,9,11H2,(H,23,28). The van der Waals surface area contributed by atoms with E-state index < -0.39 is 29.2 Å². The summed E-state index contributed by atoms with van der Waals surface area (Å²) in [6.07, 6.45) is 2.50. The number of aromatic nitrogens is 2. The van der Waals surface area contributed by atoms with E-state index in [1.807, 2.05) is 30.3 Å². The maximum Gasteiger partial charge on any atom is 0.276 e. The molecule has 1 atom stereocenters. The molecule has 4 heterocycles. The molecule has 0 aliphatic carbocycles. The van der Waals surface area contributed by atoms with Crippen molar-refractivity contribution in [2.24, 2.45) is 0 Å². The van der Waals surface area contributed by atoms with Crippen LogP contribution in [0.5, 0.6) is 5.75 Å². The number of hydrogen-bond acceptors (Lipinski definition) is 6. The van der Waals surface area contributed by atoms with E-state index in [9.17, 15) is 19.5 Å². The van der Waals surface area contributed by atoms with Gasteiger partial charge in [-0.3, -0.25) is 19.4 Å². The molecule has 0 bridgehead atoms. The molecule has 0 spiro atoms. The number of nitrogens with zero attached hydrogens (tertiary/aromatic N) is 3. The van der Waals surface area contributed by atoms with E-state index in [-0.39, 0.29) is 24.3 Å². The van der Waals surface area contributed by atoms with Crippen molar-refractivity contribution in [3.63, 3.8) is 0 Å². The van der Waals surface area contributed by atoms with Crippen LogP contribution in [-0.4, -0.2) is 50.8 Å². The van der Waals surface area contributed by atoms with Gasteiger partial charge in [-0.1, -0.05) is 18.2 Å². The molecule has 2 N–H and O–H groups in total. The van der Waals surface area contributed by atoms with Crippen LogP contribution in [0.4, 0.5) is 0 Å². The molecule has 1 aromatic carbocycles.